The van der Waals surface area contributed by atoms with Crippen LogP contribution in [0.15, 0.2) is 18.3 Å². The summed E-state index contributed by atoms with van der Waals surface area (Å²) in [6.07, 6.45) is 3.22. The van der Waals surface area contributed by atoms with E-state index >= 15 is 0 Å². The van der Waals surface area contributed by atoms with Gasteiger partial charge in [-0.15, -0.1) is 0 Å². The zero-order valence-electron chi connectivity index (χ0n) is 10.4. The molecule has 2 heteroatoms. The molecule has 0 radical (unpaired) electrons. The molecule has 0 bridgehead atoms. The molecule has 0 saturated heterocycles. The third-order valence-corrected chi connectivity index (χ3v) is 3.40. The summed E-state index contributed by atoms with van der Waals surface area (Å²) >= 11 is 0. The molecule has 0 aliphatic carbocycles. The van der Waals surface area contributed by atoms with Crippen molar-refractivity contribution in [1.29, 1.82) is 0 Å². The topological polar surface area (TPSA) is 30.9 Å². The standard InChI is InChI=1S/C14H20N2/c1-4-16-9-12(7-8-15)13-6-5-10(2)11(3)14(13)16/h5-6,9H,4,7-8,15H2,1-3H3. The highest BCUT2D eigenvalue weighted by atomic mass is 14.9. The molecule has 86 valence electrons. The van der Waals surface area contributed by atoms with E-state index in [1.54, 1.807) is 0 Å². The summed E-state index contributed by atoms with van der Waals surface area (Å²) in [7, 11) is 0. The van der Waals surface area contributed by atoms with Crippen LogP contribution in [-0.2, 0) is 13.0 Å². The van der Waals surface area contributed by atoms with Gasteiger partial charge in [0.25, 0.3) is 0 Å². The fourth-order valence-corrected chi connectivity index (χ4v) is 2.36. The minimum absolute atomic E-state index is 0.718. The number of benzene rings is 1. The molecule has 0 aliphatic rings. The summed E-state index contributed by atoms with van der Waals surface area (Å²) in [5.74, 6) is 0. The van der Waals surface area contributed by atoms with E-state index in [0.717, 1.165) is 19.5 Å². The SMILES string of the molecule is CCn1cc(CCN)c2ccc(C)c(C)c21. The first-order chi connectivity index (χ1) is 7.69. The monoisotopic (exact) mass is 216 g/mol. The number of nitrogens with two attached hydrogens (primary N) is 1. The molecule has 1 aromatic carbocycles. The maximum absolute atomic E-state index is 5.66. The van der Waals surface area contributed by atoms with Crippen molar-refractivity contribution in [2.24, 2.45) is 5.73 Å². The van der Waals surface area contributed by atoms with Crippen LogP contribution in [0, 0.1) is 13.8 Å². The zero-order valence-corrected chi connectivity index (χ0v) is 10.4. The summed E-state index contributed by atoms with van der Waals surface area (Å²) in [5.41, 5.74) is 11.2. The average molecular weight is 216 g/mol. The van der Waals surface area contributed by atoms with Crippen LogP contribution >= 0.6 is 0 Å². The van der Waals surface area contributed by atoms with Crippen molar-refractivity contribution < 1.29 is 0 Å². The maximum Gasteiger partial charge on any atom is 0.0515 e. The molecule has 0 unspecified atom stereocenters. The quantitative estimate of drug-likeness (QED) is 0.840. The van der Waals surface area contributed by atoms with Crippen LogP contribution in [0.25, 0.3) is 10.9 Å². The summed E-state index contributed by atoms with van der Waals surface area (Å²) in [6, 6.07) is 4.44. The molecule has 16 heavy (non-hydrogen) atoms. The third kappa shape index (κ3) is 1.63. The van der Waals surface area contributed by atoms with Gasteiger partial charge < -0.3 is 10.3 Å². The molecule has 2 nitrogen and oxygen atoms in total. The molecule has 1 aromatic heterocycles. The van der Waals surface area contributed by atoms with E-state index in [9.17, 15) is 0 Å². The molecule has 2 N–H and O–H groups in total. The fraction of sp³-hybridized carbons (Fsp3) is 0.429. The lowest BCUT2D eigenvalue weighted by Crippen LogP contribution is -2.02. The Morgan fingerprint density at radius 1 is 1.25 bits per heavy atom. The van der Waals surface area contributed by atoms with Gasteiger partial charge in [-0.25, -0.2) is 0 Å². The van der Waals surface area contributed by atoms with E-state index in [1.165, 1.54) is 27.6 Å². The van der Waals surface area contributed by atoms with Crippen LogP contribution in [0.5, 0.6) is 0 Å². The highest BCUT2D eigenvalue weighted by Gasteiger charge is 2.10. The number of aryl methyl sites for hydroxylation is 3. The maximum atomic E-state index is 5.66. The number of fused-ring (bicyclic) bond motifs is 1. The van der Waals surface area contributed by atoms with Crippen LogP contribution in [0.2, 0.25) is 0 Å². The van der Waals surface area contributed by atoms with E-state index in [4.69, 9.17) is 5.73 Å². The third-order valence-electron chi connectivity index (χ3n) is 3.40. The summed E-state index contributed by atoms with van der Waals surface area (Å²) in [6.45, 7) is 8.30. The molecule has 0 spiro atoms. The number of hydrogen-bond donors (Lipinski definition) is 1. The van der Waals surface area contributed by atoms with Gasteiger partial charge in [0.05, 0.1) is 5.52 Å². The van der Waals surface area contributed by atoms with Crippen molar-refractivity contribution in [2.75, 3.05) is 6.54 Å². The van der Waals surface area contributed by atoms with Gasteiger partial charge in [0, 0.05) is 18.1 Å². The highest BCUT2D eigenvalue weighted by molar-refractivity contribution is 5.87. The Bertz CT molecular complexity index is 509. The Morgan fingerprint density at radius 3 is 2.62 bits per heavy atom. The van der Waals surface area contributed by atoms with Crippen LogP contribution in [-0.4, -0.2) is 11.1 Å². The number of aromatic nitrogens is 1. The first-order valence-corrected chi connectivity index (χ1v) is 5.97. The van der Waals surface area contributed by atoms with Crippen LogP contribution in [0.4, 0.5) is 0 Å². The van der Waals surface area contributed by atoms with E-state index in [2.05, 4.69) is 43.7 Å². The van der Waals surface area contributed by atoms with Crippen molar-refractivity contribution in [3.8, 4) is 0 Å². The molecule has 0 atom stereocenters. The Hall–Kier alpha value is -1.28. The van der Waals surface area contributed by atoms with Gasteiger partial charge >= 0.3 is 0 Å². The molecule has 0 saturated carbocycles. The van der Waals surface area contributed by atoms with Gasteiger partial charge in [0.15, 0.2) is 0 Å². The lowest BCUT2D eigenvalue weighted by Gasteiger charge is -2.06. The fourth-order valence-electron chi connectivity index (χ4n) is 2.36. The van der Waals surface area contributed by atoms with Crippen LogP contribution in [0.1, 0.15) is 23.6 Å². The Labute approximate surface area is 97.1 Å². The lowest BCUT2D eigenvalue weighted by atomic mass is 10.0. The first kappa shape index (κ1) is 11.2. The molecule has 1 heterocycles. The molecule has 2 aromatic rings. The predicted molar refractivity (Wildman–Crippen MR) is 69.8 cm³/mol. The normalized spacial score (nSPS) is 11.2. The summed E-state index contributed by atoms with van der Waals surface area (Å²) in [5, 5.41) is 1.37. The van der Waals surface area contributed by atoms with Gasteiger partial charge in [-0.3, -0.25) is 0 Å². The van der Waals surface area contributed by atoms with Crippen molar-refractivity contribution in [3.63, 3.8) is 0 Å². The summed E-state index contributed by atoms with van der Waals surface area (Å²) < 4.78 is 2.34. The second kappa shape index (κ2) is 4.30. The Morgan fingerprint density at radius 2 is 2.00 bits per heavy atom. The first-order valence-electron chi connectivity index (χ1n) is 5.97. The molecular weight excluding hydrogens is 196 g/mol. The zero-order chi connectivity index (χ0) is 11.7. The van der Waals surface area contributed by atoms with Crippen molar-refractivity contribution in [3.05, 3.63) is 35.0 Å². The van der Waals surface area contributed by atoms with Crippen molar-refractivity contribution >= 4 is 10.9 Å². The highest BCUT2D eigenvalue weighted by Crippen LogP contribution is 2.26. The largest absolute Gasteiger partial charge is 0.347 e. The summed E-state index contributed by atoms with van der Waals surface area (Å²) in [4.78, 5) is 0. The smallest absolute Gasteiger partial charge is 0.0515 e. The van der Waals surface area contributed by atoms with E-state index in [-0.39, 0.29) is 0 Å². The van der Waals surface area contributed by atoms with Gasteiger partial charge in [-0.2, -0.15) is 0 Å². The predicted octanol–water partition coefficient (Wildman–Crippen LogP) is 2.78. The van der Waals surface area contributed by atoms with Crippen LogP contribution < -0.4 is 5.73 Å². The van der Waals surface area contributed by atoms with Crippen LogP contribution in [0.3, 0.4) is 0 Å². The molecule has 2 rings (SSSR count). The molecule has 0 fully saturated rings. The molecule has 0 aliphatic heterocycles. The average Bonchev–Trinajstić information content (AvgIpc) is 2.63. The number of nitrogens with zero attached hydrogens (tertiary/aromatic N) is 1. The van der Waals surface area contributed by atoms with E-state index in [0.29, 0.717) is 0 Å². The van der Waals surface area contributed by atoms with Crippen molar-refractivity contribution in [2.45, 2.75) is 33.7 Å². The second-order valence-electron chi connectivity index (χ2n) is 4.38. The minimum Gasteiger partial charge on any atom is -0.347 e. The lowest BCUT2D eigenvalue weighted by molar-refractivity contribution is 0.788. The number of hydrogen-bond acceptors (Lipinski definition) is 1. The van der Waals surface area contributed by atoms with Gasteiger partial charge in [-0.05, 0) is 50.4 Å². The second-order valence-corrected chi connectivity index (χ2v) is 4.38. The molecular formula is C14H20N2. The van der Waals surface area contributed by atoms with Gasteiger partial charge in [-0.1, -0.05) is 12.1 Å². The van der Waals surface area contributed by atoms with Crippen molar-refractivity contribution in [1.82, 2.24) is 4.57 Å². The van der Waals surface area contributed by atoms with Gasteiger partial charge in [0.1, 0.15) is 0 Å². The van der Waals surface area contributed by atoms with E-state index < -0.39 is 0 Å². The molecule has 0 amide bonds. The minimum atomic E-state index is 0.718. The Kier molecular flexibility index (Phi) is 3.01. The van der Waals surface area contributed by atoms with E-state index in [1.807, 2.05) is 0 Å². The number of rotatable bonds is 3. The Balaban J connectivity index is 2.74. The van der Waals surface area contributed by atoms with Gasteiger partial charge in [0.2, 0.25) is 0 Å².